The molecule has 0 amide bonds. The number of morpholine rings is 1. The second kappa shape index (κ2) is 4.55. The molecule has 2 aromatic rings. The van der Waals surface area contributed by atoms with Gasteiger partial charge in [0.1, 0.15) is 5.52 Å². The van der Waals surface area contributed by atoms with E-state index >= 15 is 0 Å². The van der Waals surface area contributed by atoms with Gasteiger partial charge in [-0.05, 0) is 12.1 Å². The van der Waals surface area contributed by atoms with Gasteiger partial charge in [0.2, 0.25) is 0 Å². The molecule has 1 aromatic carbocycles. The number of hydrogen-bond acceptors (Lipinski definition) is 5. The summed E-state index contributed by atoms with van der Waals surface area (Å²) < 4.78 is 6.23. The van der Waals surface area contributed by atoms with Crippen molar-refractivity contribution in [1.82, 2.24) is 4.98 Å². The predicted molar refractivity (Wildman–Crippen MR) is 69.6 cm³/mol. The first-order chi connectivity index (χ1) is 8.75. The number of rotatable bonds is 2. The van der Waals surface area contributed by atoms with Crippen molar-refractivity contribution < 1.29 is 14.6 Å². The Morgan fingerprint density at radius 2 is 2.17 bits per heavy atom. The Bertz CT molecular complexity index is 590. The van der Waals surface area contributed by atoms with E-state index in [0.717, 1.165) is 29.0 Å². The van der Waals surface area contributed by atoms with E-state index in [1.54, 1.807) is 17.6 Å². The van der Waals surface area contributed by atoms with Crippen LogP contribution < -0.4 is 4.90 Å². The lowest BCUT2D eigenvalue weighted by Gasteiger charge is -2.29. The minimum absolute atomic E-state index is 0.313. The van der Waals surface area contributed by atoms with E-state index in [1.807, 2.05) is 0 Å². The third-order valence-corrected chi connectivity index (χ3v) is 3.79. The van der Waals surface area contributed by atoms with Gasteiger partial charge in [0, 0.05) is 13.1 Å². The SMILES string of the molecule is O=C(O)c1cc(N2CCOCC2)c2ncsc2c1. The predicted octanol–water partition coefficient (Wildman–Crippen LogP) is 1.83. The number of fused-ring (bicyclic) bond motifs is 1. The molecule has 1 saturated heterocycles. The lowest BCUT2D eigenvalue weighted by molar-refractivity contribution is 0.0697. The van der Waals surface area contributed by atoms with Gasteiger partial charge < -0.3 is 14.7 Å². The summed E-state index contributed by atoms with van der Waals surface area (Å²) in [7, 11) is 0. The van der Waals surface area contributed by atoms with Crippen LogP contribution in [0.2, 0.25) is 0 Å². The van der Waals surface area contributed by atoms with Gasteiger partial charge in [0.15, 0.2) is 0 Å². The number of aromatic carboxylic acids is 1. The van der Waals surface area contributed by atoms with Crippen LogP contribution in [0.25, 0.3) is 10.2 Å². The summed E-state index contributed by atoms with van der Waals surface area (Å²) >= 11 is 1.46. The van der Waals surface area contributed by atoms with E-state index < -0.39 is 5.97 Å². The van der Waals surface area contributed by atoms with Crippen LogP contribution >= 0.6 is 11.3 Å². The minimum Gasteiger partial charge on any atom is -0.478 e. The molecule has 6 heteroatoms. The van der Waals surface area contributed by atoms with Crippen LogP contribution in [0.3, 0.4) is 0 Å². The molecule has 1 aliphatic rings. The molecule has 0 aliphatic carbocycles. The molecule has 0 bridgehead atoms. The van der Waals surface area contributed by atoms with Crippen LogP contribution in [0, 0.1) is 0 Å². The van der Waals surface area contributed by atoms with Crippen molar-refractivity contribution in [2.75, 3.05) is 31.2 Å². The first-order valence-corrected chi connectivity index (χ1v) is 6.57. The van der Waals surface area contributed by atoms with Gasteiger partial charge in [-0.1, -0.05) is 0 Å². The molecule has 0 unspecified atom stereocenters. The third kappa shape index (κ3) is 1.93. The Balaban J connectivity index is 2.12. The Morgan fingerprint density at radius 3 is 2.89 bits per heavy atom. The lowest BCUT2D eigenvalue weighted by Crippen LogP contribution is -2.36. The molecule has 3 rings (SSSR count). The second-order valence-electron chi connectivity index (χ2n) is 4.10. The number of carboxylic acid groups (broad SMARTS) is 1. The zero-order valence-electron chi connectivity index (χ0n) is 9.63. The number of nitrogens with zero attached hydrogens (tertiary/aromatic N) is 2. The maximum Gasteiger partial charge on any atom is 0.335 e. The summed E-state index contributed by atoms with van der Waals surface area (Å²) in [5.74, 6) is -0.903. The molecular formula is C12H12N2O3S. The highest BCUT2D eigenvalue weighted by Gasteiger charge is 2.18. The monoisotopic (exact) mass is 264 g/mol. The molecule has 0 spiro atoms. The number of aromatic nitrogens is 1. The maximum absolute atomic E-state index is 11.1. The number of hydrogen-bond donors (Lipinski definition) is 1. The van der Waals surface area contributed by atoms with Crippen LogP contribution in [0.15, 0.2) is 17.6 Å². The Labute approximate surface area is 108 Å². The Morgan fingerprint density at radius 1 is 1.39 bits per heavy atom. The van der Waals surface area contributed by atoms with Gasteiger partial charge in [-0.2, -0.15) is 0 Å². The summed E-state index contributed by atoms with van der Waals surface area (Å²) in [4.78, 5) is 17.6. The fraction of sp³-hybridized carbons (Fsp3) is 0.333. The quantitative estimate of drug-likeness (QED) is 0.896. The average molecular weight is 264 g/mol. The molecule has 0 radical (unpaired) electrons. The number of thiazole rings is 1. The maximum atomic E-state index is 11.1. The zero-order valence-corrected chi connectivity index (χ0v) is 10.4. The first kappa shape index (κ1) is 11.4. The molecule has 0 saturated carbocycles. The van der Waals surface area contributed by atoms with Gasteiger partial charge in [-0.3, -0.25) is 0 Å². The Kier molecular flexibility index (Phi) is 2.89. The van der Waals surface area contributed by atoms with Crippen LogP contribution in [0.4, 0.5) is 5.69 Å². The molecule has 2 heterocycles. The number of benzene rings is 1. The normalized spacial score (nSPS) is 16.1. The van der Waals surface area contributed by atoms with E-state index in [1.165, 1.54) is 11.3 Å². The highest BCUT2D eigenvalue weighted by molar-refractivity contribution is 7.16. The molecule has 1 aliphatic heterocycles. The molecule has 94 valence electrons. The standard InChI is InChI=1S/C12H12N2O3S/c15-12(16)8-5-9(14-1-3-17-4-2-14)11-10(6-8)18-7-13-11/h5-7H,1-4H2,(H,15,16). The summed E-state index contributed by atoms with van der Waals surface area (Å²) in [6.07, 6.45) is 0. The van der Waals surface area contributed by atoms with E-state index in [0.29, 0.717) is 18.8 Å². The van der Waals surface area contributed by atoms with Crippen LogP contribution in [-0.4, -0.2) is 42.4 Å². The largest absolute Gasteiger partial charge is 0.478 e. The van der Waals surface area contributed by atoms with Crippen molar-refractivity contribution in [3.8, 4) is 0 Å². The summed E-state index contributed by atoms with van der Waals surface area (Å²) in [6.45, 7) is 2.89. The number of carbonyl (C=O) groups is 1. The van der Waals surface area contributed by atoms with Crippen molar-refractivity contribution in [1.29, 1.82) is 0 Å². The topological polar surface area (TPSA) is 62.7 Å². The molecule has 5 nitrogen and oxygen atoms in total. The molecule has 0 atom stereocenters. The number of ether oxygens (including phenoxy) is 1. The summed E-state index contributed by atoms with van der Waals surface area (Å²) in [6, 6.07) is 3.38. The highest BCUT2D eigenvalue weighted by Crippen LogP contribution is 2.30. The van der Waals surface area contributed by atoms with Crippen LogP contribution in [0.5, 0.6) is 0 Å². The van der Waals surface area contributed by atoms with Crippen molar-refractivity contribution in [2.24, 2.45) is 0 Å². The van der Waals surface area contributed by atoms with Crippen molar-refractivity contribution in [3.05, 3.63) is 23.2 Å². The molecule has 1 aromatic heterocycles. The zero-order chi connectivity index (χ0) is 12.5. The van der Waals surface area contributed by atoms with Gasteiger partial charge in [-0.25, -0.2) is 9.78 Å². The van der Waals surface area contributed by atoms with Crippen molar-refractivity contribution >= 4 is 33.2 Å². The van der Waals surface area contributed by atoms with Crippen molar-refractivity contribution in [2.45, 2.75) is 0 Å². The van der Waals surface area contributed by atoms with Crippen LogP contribution in [0.1, 0.15) is 10.4 Å². The molecule has 1 N–H and O–H groups in total. The lowest BCUT2D eigenvalue weighted by atomic mass is 10.1. The van der Waals surface area contributed by atoms with E-state index in [9.17, 15) is 4.79 Å². The summed E-state index contributed by atoms with van der Waals surface area (Å²) in [5.41, 5.74) is 3.84. The van der Waals surface area contributed by atoms with E-state index in [4.69, 9.17) is 9.84 Å². The molecule has 18 heavy (non-hydrogen) atoms. The smallest absolute Gasteiger partial charge is 0.335 e. The third-order valence-electron chi connectivity index (χ3n) is 3.02. The van der Waals surface area contributed by atoms with E-state index in [2.05, 4.69) is 9.88 Å². The number of anilines is 1. The van der Waals surface area contributed by atoms with E-state index in [-0.39, 0.29) is 0 Å². The number of carboxylic acids is 1. The average Bonchev–Trinajstić information content (AvgIpc) is 2.86. The van der Waals surface area contributed by atoms with Gasteiger partial charge in [0.05, 0.1) is 34.7 Å². The first-order valence-electron chi connectivity index (χ1n) is 5.69. The molecule has 1 fully saturated rings. The van der Waals surface area contributed by atoms with Gasteiger partial charge >= 0.3 is 5.97 Å². The fourth-order valence-electron chi connectivity index (χ4n) is 2.12. The van der Waals surface area contributed by atoms with Gasteiger partial charge in [0.25, 0.3) is 0 Å². The van der Waals surface area contributed by atoms with Crippen LogP contribution in [-0.2, 0) is 4.74 Å². The fourth-order valence-corrected chi connectivity index (χ4v) is 2.85. The van der Waals surface area contributed by atoms with Crippen molar-refractivity contribution in [3.63, 3.8) is 0 Å². The second-order valence-corrected chi connectivity index (χ2v) is 4.99. The summed E-state index contributed by atoms with van der Waals surface area (Å²) in [5, 5.41) is 9.15. The Hall–Kier alpha value is -1.66. The minimum atomic E-state index is -0.903. The molecular weight excluding hydrogens is 252 g/mol. The highest BCUT2D eigenvalue weighted by atomic mass is 32.1. The van der Waals surface area contributed by atoms with Gasteiger partial charge in [-0.15, -0.1) is 11.3 Å².